The Balaban J connectivity index is 1.58. The lowest BCUT2D eigenvalue weighted by Crippen LogP contribution is -2.54. The number of ether oxygens (including phenoxy) is 2. The molecule has 8 nitrogen and oxygen atoms in total. The van der Waals surface area contributed by atoms with Gasteiger partial charge < -0.3 is 24.2 Å². The van der Waals surface area contributed by atoms with Gasteiger partial charge >= 0.3 is 12.7 Å². The van der Waals surface area contributed by atoms with Crippen molar-refractivity contribution >= 4 is 17.9 Å². The van der Waals surface area contributed by atoms with Crippen LogP contribution in [0.25, 0.3) is 0 Å². The molecule has 0 spiro atoms. The van der Waals surface area contributed by atoms with Gasteiger partial charge in [-0.15, -0.1) is 0 Å². The number of amides is 3. The Hall–Kier alpha value is -2.91. The lowest BCUT2D eigenvalue weighted by Gasteiger charge is -2.39. The number of piperazine rings is 1. The van der Waals surface area contributed by atoms with Gasteiger partial charge in [-0.3, -0.25) is 9.59 Å². The van der Waals surface area contributed by atoms with E-state index in [4.69, 9.17) is 4.74 Å². The predicted octanol–water partition coefficient (Wildman–Crippen LogP) is 3.22. The molecular weight excluding hydrogens is 436 g/mol. The first-order valence-electron chi connectivity index (χ1n) is 11.1. The van der Waals surface area contributed by atoms with Crippen LogP contribution in [0.4, 0.5) is 13.6 Å². The maximum atomic E-state index is 13.1. The number of nitrogens with zero attached hydrogens (tertiary/aromatic N) is 3. The van der Waals surface area contributed by atoms with E-state index >= 15 is 0 Å². The average Bonchev–Trinajstić information content (AvgIpc) is 2.77. The van der Waals surface area contributed by atoms with Gasteiger partial charge in [-0.05, 0) is 45.7 Å². The van der Waals surface area contributed by atoms with E-state index in [1.807, 2.05) is 0 Å². The standard InChI is InChI=1S/C23H31F2N3O5/c1-23(2,3)33-22(31)27-13-11-26(12-14-27)19(29)16-7-6-10-28(15-16)20(30)17-8-4-5-9-18(17)32-21(24)25/h4-5,8-9,16,21H,6-7,10-15H2,1-3H3. The number of piperidine rings is 1. The first-order chi connectivity index (χ1) is 15.5. The molecule has 1 atom stereocenters. The molecule has 182 valence electrons. The molecule has 3 rings (SSSR count). The van der Waals surface area contributed by atoms with Crippen molar-refractivity contribution in [2.45, 2.75) is 45.8 Å². The molecule has 2 saturated heterocycles. The number of hydrogen-bond acceptors (Lipinski definition) is 5. The number of rotatable bonds is 4. The molecule has 0 aliphatic carbocycles. The molecule has 2 fully saturated rings. The summed E-state index contributed by atoms with van der Waals surface area (Å²) in [7, 11) is 0. The van der Waals surface area contributed by atoms with Crippen LogP contribution < -0.4 is 4.74 Å². The number of carbonyl (C=O) groups is 3. The zero-order valence-corrected chi connectivity index (χ0v) is 19.3. The van der Waals surface area contributed by atoms with Crippen molar-refractivity contribution in [3.8, 4) is 5.75 Å². The van der Waals surface area contributed by atoms with Gasteiger partial charge in [0.2, 0.25) is 5.91 Å². The number of likely N-dealkylation sites (tertiary alicyclic amines) is 1. The van der Waals surface area contributed by atoms with Crippen LogP contribution in [0.3, 0.4) is 0 Å². The van der Waals surface area contributed by atoms with E-state index in [0.717, 1.165) is 0 Å². The minimum Gasteiger partial charge on any atom is -0.444 e. The van der Waals surface area contributed by atoms with E-state index in [2.05, 4.69) is 4.74 Å². The fraction of sp³-hybridized carbons (Fsp3) is 0.609. The summed E-state index contributed by atoms with van der Waals surface area (Å²) < 4.78 is 35.3. The Morgan fingerprint density at radius 3 is 2.24 bits per heavy atom. The summed E-state index contributed by atoms with van der Waals surface area (Å²) in [6.45, 7) is 4.60. The van der Waals surface area contributed by atoms with Crippen molar-refractivity contribution in [1.29, 1.82) is 0 Å². The van der Waals surface area contributed by atoms with Gasteiger partial charge in [0.25, 0.3) is 5.91 Å². The smallest absolute Gasteiger partial charge is 0.410 e. The molecule has 3 amide bonds. The third-order valence-electron chi connectivity index (χ3n) is 5.63. The molecule has 10 heteroatoms. The predicted molar refractivity (Wildman–Crippen MR) is 116 cm³/mol. The Kier molecular flexibility index (Phi) is 7.76. The fourth-order valence-electron chi connectivity index (χ4n) is 4.07. The molecule has 1 aromatic carbocycles. The minimum atomic E-state index is -3.03. The monoisotopic (exact) mass is 467 g/mol. The van der Waals surface area contributed by atoms with E-state index in [-0.39, 0.29) is 29.7 Å². The summed E-state index contributed by atoms with van der Waals surface area (Å²) in [6, 6.07) is 5.88. The summed E-state index contributed by atoms with van der Waals surface area (Å²) in [6.07, 6.45) is 0.885. The normalized spacial score (nSPS) is 19.5. The molecular formula is C23H31F2N3O5. The Morgan fingerprint density at radius 2 is 1.61 bits per heavy atom. The first kappa shape index (κ1) is 24.7. The molecule has 1 unspecified atom stereocenters. The minimum absolute atomic E-state index is 0.0527. The average molecular weight is 468 g/mol. The summed E-state index contributed by atoms with van der Waals surface area (Å²) in [5.74, 6) is -1.05. The van der Waals surface area contributed by atoms with Crippen LogP contribution in [0.5, 0.6) is 5.75 Å². The lowest BCUT2D eigenvalue weighted by molar-refractivity contribution is -0.138. The van der Waals surface area contributed by atoms with Crippen molar-refractivity contribution in [1.82, 2.24) is 14.7 Å². The number of hydrogen-bond donors (Lipinski definition) is 0. The van der Waals surface area contributed by atoms with Crippen LogP contribution in [0.2, 0.25) is 0 Å². The molecule has 33 heavy (non-hydrogen) atoms. The number of halogens is 2. The highest BCUT2D eigenvalue weighted by atomic mass is 19.3. The van der Waals surface area contributed by atoms with Crippen molar-refractivity contribution in [2.24, 2.45) is 5.92 Å². The van der Waals surface area contributed by atoms with Crippen molar-refractivity contribution in [2.75, 3.05) is 39.3 Å². The van der Waals surface area contributed by atoms with Gasteiger partial charge in [0.15, 0.2) is 0 Å². The van der Waals surface area contributed by atoms with Crippen molar-refractivity contribution < 1.29 is 32.6 Å². The number of para-hydroxylation sites is 1. The zero-order chi connectivity index (χ0) is 24.2. The van der Waals surface area contributed by atoms with E-state index in [1.54, 1.807) is 36.6 Å². The van der Waals surface area contributed by atoms with Gasteiger partial charge in [-0.2, -0.15) is 8.78 Å². The van der Waals surface area contributed by atoms with Crippen molar-refractivity contribution in [3.05, 3.63) is 29.8 Å². The first-order valence-corrected chi connectivity index (χ1v) is 11.1. The molecule has 0 radical (unpaired) electrons. The van der Waals surface area contributed by atoms with Crippen LogP contribution >= 0.6 is 0 Å². The number of benzene rings is 1. The van der Waals surface area contributed by atoms with E-state index in [1.165, 1.54) is 23.1 Å². The summed E-state index contributed by atoms with van der Waals surface area (Å²) >= 11 is 0. The second kappa shape index (κ2) is 10.4. The third-order valence-corrected chi connectivity index (χ3v) is 5.63. The Morgan fingerprint density at radius 1 is 0.970 bits per heavy atom. The van der Waals surface area contributed by atoms with Crippen LogP contribution in [0.15, 0.2) is 24.3 Å². The zero-order valence-electron chi connectivity index (χ0n) is 19.3. The largest absolute Gasteiger partial charge is 0.444 e. The Bertz CT molecular complexity index is 866. The Labute approximate surface area is 192 Å². The van der Waals surface area contributed by atoms with Crippen molar-refractivity contribution in [3.63, 3.8) is 0 Å². The summed E-state index contributed by atoms with van der Waals surface area (Å²) in [5.41, 5.74) is -0.530. The van der Waals surface area contributed by atoms with E-state index in [0.29, 0.717) is 45.6 Å². The fourth-order valence-corrected chi connectivity index (χ4v) is 4.07. The number of carbonyl (C=O) groups excluding carboxylic acids is 3. The number of alkyl halides is 2. The molecule has 2 heterocycles. The van der Waals surface area contributed by atoms with Gasteiger partial charge in [0, 0.05) is 39.3 Å². The van der Waals surface area contributed by atoms with Gasteiger partial charge in [-0.1, -0.05) is 12.1 Å². The highest BCUT2D eigenvalue weighted by Crippen LogP contribution is 2.26. The van der Waals surface area contributed by atoms with Gasteiger partial charge in [0.05, 0.1) is 11.5 Å². The maximum Gasteiger partial charge on any atom is 0.410 e. The molecule has 0 N–H and O–H groups in total. The quantitative estimate of drug-likeness (QED) is 0.680. The lowest BCUT2D eigenvalue weighted by atomic mass is 9.95. The van der Waals surface area contributed by atoms with Crippen LogP contribution in [0, 0.1) is 5.92 Å². The second-order valence-electron chi connectivity index (χ2n) is 9.26. The maximum absolute atomic E-state index is 13.1. The second-order valence-corrected chi connectivity index (χ2v) is 9.26. The van der Waals surface area contributed by atoms with Crippen LogP contribution in [-0.2, 0) is 9.53 Å². The van der Waals surface area contributed by atoms with Gasteiger partial charge in [-0.25, -0.2) is 4.79 Å². The SMILES string of the molecule is CC(C)(C)OC(=O)N1CCN(C(=O)C2CCCN(C(=O)c3ccccc3OC(F)F)C2)CC1. The molecule has 0 saturated carbocycles. The van der Waals surface area contributed by atoms with Crippen LogP contribution in [-0.4, -0.2) is 84.1 Å². The molecule has 0 bridgehead atoms. The van der Waals surface area contributed by atoms with E-state index in [9.17, 15) is 23.2 Å². The summed E-state index contributed by atoms with van der Waals surface area (Å²) in [4.78, 5) is 43.2. The summed E-state index contributed by atoms with van der Waals surface area (Å²) in [5, 5.41) is 0. The molecule has 2 aliphatic rings. The topological polar surface area (TPSA) is 79.4 Å². The highest BCUT2D eigenvalue weighted by Gasteiger charge is 2.35. The highest BCUT2D eigenvalue weighted by molar-refractivity contribution is 5.97. The van der Waals surface area contributed by atoms with E-state index < -0.39 is 24.2 Å². The molecule has 2 aliphatic heterocycles. The van der Waals surface area contributed by atoms with Crippen LogP contribution in [0.1, 0.15) is 44.0 Å². The molecule has 1 aromatic rings. The van der Waals surface area contributed by atoms with Gasteiger partial charge in [0.1, 0.15) is 11.4 Å². The molecule has 0 aromatic heterocycles. The third kappa shape index (κ3) is 6.55.